The molecule has 0 aliphatic rings. The Morgan fingerprint density at radius 1 is 0.796 bits per heavy atom. The highest BCUT2D eigenvalue weighted by Crippen LogP contribution is 2.20. The smallest absolute Gasteiger partial charge is 0.414 e. The minimum Gasteiger partial charge on any atom is -0.450 e. The summed E-state index contributed by atoms with van der Waals surface area (Å²) in [6, 6.07) is 12.1. The molecule has 0 aliphatic heterocycles. The van der Waals surface area contributed by atoms with Gasteiger partial charge in [0, 0.05) is 43.2 Å². The molecule has 49 heavy (non-hydrogen) atoms. The van der Waals surface area contributed by atoms with E-state index >= 15 is 0 Å². The zero-order valence-electron chi connectivity index (χ0n) is 26.6. The molecule has 0 saturated carbocycles. The molecule has 4 N–H and O–H groups in total. The number of halogens is 3. The van der Waals surface area contributed by atoms with Crippen LogP contribution in [0.5, 0.6) is 0 Å². The lowest BCUT2D eigenvalue weighted by molar-refractivity contribution is 0.129. The van der Waals surface area contributed by atoms with E-state index in [9.17, 15) is 18.4 Å². The van der Waals surface area contributed by atoms with Gasteiger partial charge in [0.15, 0.2) is 16.6 Å². The molecule has 0 fully saturated rings. The predicted molar refractivity (Wildman–Crippen MR) is 178 cm³/mol. The molecule has 0 radical (unpaired) electrons. The molecule has 4 aromatic heterocycles. The Morgan fingerprint density at radius 2 is 1.33 bits per heavy atom. The number of anilines is 5. The molecule has 0 atom stereocenters. The van der Waals surface area contributed by atoms with Crippen molar-refractivity contribution >= 4 is 64.2 Å². The number of hydrogen-bond donors (Lipinski definition) is 4. The number of aromatic nitrogens is 8. The van der Waals surface area contributed by atoms with Gasteiger partial charge in [-0.25, -0.2) is 28.3 Å². The van der Waals surface area contributed by atoms with E-state index in [1.807, 2.05) is 0 Å². The first-order valence-electron chi connectivity index (χ1n) is 14.5. The van der Waals surface area contributed by atoms with Crippen molar-refractivity contribution in [2.75, 3.05) is 34.9 Å². The Kier molecular flexibility index (Phi) is 12.5. The van der Waals surface area contributed by atoms with Crippen molar-refractivity contribution in [3.8, 4) is 0 Å². The fraction of sp³-hybridized carbons (Fsp3) is 0.200. The predicted octanol–water partition coefficient (Wildman–Crippen LogP) is 6.18. The van der Waals surface area contributed by atoms with Crippen LogP contribution in [0.3, 0.4) is 0 Å². The molecule has 0 aliphatic carbocycles. The Labute approximate surface area is 282 Å². The van der Waals surface area contributed by atoms with Crippen molar-refractivity contribution in [3.63, 3.8) is 0 Å². The second-order valence-electron chi connectivity index (χ2n) is 9.74. The van der Waals surface area contributed by atoms with Crippen LogP contribution in [-0.4, -0.2) is 71.1 Å². The van der Waals surface area contributed by atoms with E-state index in [1.165, 1.54) is 41.1 Å². The molecule has 0 saturated heterocycles. The van der Waals surface area contributed by atoms with Crippen LogP contribution >= 0.6 is 11.6 Å². The third kappa shape index (κ3) is 10.2. The van der Waals surface area contributed by atoms with E-state index < -0.39 is 12.2 Å². The lowest BCUT2D eigenvalue weighted by Gasteiger charge is -2.09. The van der Waals surface area contributed by atoms with Crippen LogP contribution in [0.1, 0.15) is 20.8 Å². The van der Waals surface area contributed by atoms with E-state index in [2.05, 4.69) is 51.6 Å². The maximum atomic E-state index is 13.0. The van der Waals surface area contributed by atoms with E-state index in [-0.39, 0.29) is 41.4 Å². The number of hydrogen-bond acceptors (Lipinski definition) is 12. The molecule has 256 valence electrons. The summed E-state index contributed by atoms with van der Waals surface area (Å²) < 4.78 is 38.0. The molecular formula is C30H31ClF2N12O4. The van der Waals surface area contributed by atoms with Crippen molar-refractivity contribution in [3.05, 3.63) is 90.1 Å². The second-order valence-corrected chi connectivity index (χ2v) is 10.1. The van der Waals surface area contributed by atoms with Crippen molar-refractivity contribution in [2.24, 2.45) is 0 Å². The average Bonchev–Trinajstić information content (AvgIpc) is 3.68. The Balaban J connectivity index is 0.000000185. The summed E-state index contributed by atoms with van der Waals surface area (Å²) >= 11 is 5.79. The maximum absolute atomic E-state index is 13.0. The van der Waals surface area contributed by atoms with Gasteiger partial charge in [0.25, 0.3) is 0 Å². The topological polar surface area (TPSA) is 187 Å². The lowest BCUT2D eigenvalue weighted by atomic mass is 10.3. The summed E-state index contributed by atoms with van der Waals surface area (Å²) in [4.78, 5) is 30.9. The Bertz CT molecular complexity index is 1990. The summed E-state index contributed by atoms with van der Waals surface area (Å²) in [5, 5.41) is 26.5. The minimum absolute atomic E-state index is 0.200. The highest BCUT2D eigenvalue weighted by Gasteiger charge is 2.15. The molecule has 6 aromatic rings. The Hall–Kier alpha value is -6.17. The molecule has 16 nitrogen and oxygen atoms in total. The van der Waals surface area contributed by atoms with Gasteiger partial charge >= 0.3 is 12.2 Å². The van der Waals surface area contributed by atoms with Gasteiger partial charge in [-0.15, -0.1) is 20.4 Å². The standard InChI is InChI=1S/C15H15FN6O2.C8H8ClN5O2.C7H8FN/c1-9(2)24-15(23)19-14-21-20-13-12(17-7-8-22(13)14)18-11-5-3-10(16)4-6-11;1-2-16-8(15)11-7-13-12-6-5(9)10-3-4-14(6)7;1-9-7-4-2-6(8)3-5-7/h3-9H,1-2H3,(H,17,18)(H,19,21,23);3-4H,2H2,1H3,(H,11,13,15);2-5,9H,1H3. The van der Waals surface area contributed by atoms with Crippen molar-refractivity contribution < 1.29 is 27.8 Å². The second kappa shape index (κ2) is 17.1. The zero-order valence-corrected chi connectivity index (χ0v) is 27.3. The number of nitrogens with zero attached hydrogens (tertiary/aromatic N) is 8. The summed E-state index contributed by atoms with van der Waals surface area (Å²) in [6.07, 6.45) is 4.74. The number of benzene rings is 2. The van der Waals surface area contributed by atoms with Crippen LogP contribution in [0.15, 0.2) is 73.3 Å². The highest BCUT2D eigenvalue weighted by molar-refractivity contribution is 6.32. The van der Waals surface area contributed by atoms with Gasteiger partial charge in [0.05, 0.1) is 12.7 Å². The van der Waals surface area contributed by atoms with Crippen LogP contribution in [0.25, 0.3) is 11.3 Å². The molecule has 2 aromatic carbocycles. The number of nitrogens with one attached hydrogen (secondary N) is 4. The summed E-state index contributed by atoms with van der Waals surface area (Å²) in [5.41, 5.74) is 2.35. The molecule has 19 heteroatoms. The van der Waals surface area contributed by atoms with Gasteiger partial charge in [-0.1, -0.05) is 11.6 Å². The SMILES string of the molecule is CC(C)OC(=O)Nc1nnc2c(Nc3ccc(F)cc3)nccn12.CCOC(=O)Nc1nnc2c(Cl)nccn12.CNc1ccc(F)cc1. The van der Waals surface area contributed by atoms with E-state index in [1.54, 1.807) is 68.9 Å². The van der Waals surface area contributed by atoms with Crippen LogP contribution in [0.2, 0.25) is 5.15 Å². The van der Waals surface area contributed by atoms with Gasteiger partial charge in [-0.3, -0.25) is 19.4 Å². The van der Waals surface area contributed by atoms with Gasteiger partial charge in [0.1, 0.15) is 11.6 Å². The summed E-state index contributed by atoms with van der Waals surface area (Å²) in [5.74, 6) is 0.332. The van der Waals surface area contributed by atoms with Gasteiger partial charge in [-0.2, -0.15) is 0 Å². The summed E-state index contributed by atoms with van der Waals surface area (Å²) in [7, 11) is 1.80. The molecule has 0 spiro atoms. The number of ether oxygens (including phenoxy) is 2. The first kappa shape index (κ1) is 35.7. The maximum Gasteiger partial charge on any atom is 0.414 e. The lowest BCUT2D eigenvalue weighted by Crippen LogP contribution is -2.19. The Morgan fingerprint density at radius 3 is 1.90 bits per heavy atom. The van der Waals surface area contributed by atoms with E-state index in [0.717, 1.165) is 5.69 Å². The third-order valence-corrected chi connectivity index (χ3v) is 6.16. The summed E-state index contributed by atoms with van der Waals surface area (Å²) in [6.45, 7) is 5.49. The fourth-order valence-corrected chi connectivity index (χ4v) is 3.95. The first-order chi connectivity index (χ1) is 23.6. The first-order valence-corrected chi connectivity index (χ1v) is 14.9. The number of carbonyl (C=O) groups is 2. The van der Waals surface area contributed by atoms with Crippen molar-refractivity contribution in [2.45, 2.75) is 26.9 Å². The van der Waals surface area contributed by atoms with Gasteiger partial charge in [0.2, 0.25) is 17.5 Å². The minimum atomic E-state index is -0.621. The van der Waals surface area contributed by atoms with Crippen molar-refractivity contribution in [1.29, 1.82) is 0 Å². The average molecular weight is 697 g/mol. The largest absolute Gasteiger partial charge is 0.450 e. The normalized spacial score (nSPS) is 10.4. The quantitative estimate of drug-likeness (QED) is 0.149. The van der Waals surface area contributed by atoms with Crippen LogP contribution in [0, 0.1) is 11.6 Å². The monoisotopic (exact) mass is 696 g/mol. The van der Waals surface area contributed by atoms with Gasteiger partial charge < -0.3 is 20.1 Å². The molecule has 0 bridgehead atoms. The van der Waals surface area contributed by atoms with E-state index in [4.69, 9.17) is 21.1 Å². The number of carbonyl (C=O) groups excluding carboxylic acids is 2. The van der Waals surface area contributed by atoms with Gasteiger partial charge in [-0.05, 0) is 69.3 Å². The van der Waals surface area contributed by atoms with Crippen LogP contribution in [-0.2, 0) is 9.47 Å². The molecule has 0 unspecified atom stereocenters. The molecule has 4 heterocycles. The number of rotatable bonds is 7. The third-order valence-electron chi connectivity index (χ3n) is 5.90. The molecule has 6 rings (SSSR count). The number of amides is 2. The number of fused-ring (bicyclic) bond motifs is 2. The fourth-order valence-electron chi connectivity index (χ4n) is 3.76. The van der Waals surface area contributed by atoms with Crippen molar-refractivity contribution in [1.82, 2.24) is 39.2 Å². The molecular weight excluding hydrogens is 666 g/mol. The van der Waals surface area contributed by atoms with Crippen LogP contribution < -0.4 is 21.3 Å². The van der Waals surface area contributed by atoms with E-state index in [0.29, 0.717) is 22.8 Å². The highest BCUT2D eigenvalue weighted by atomic mass is 35.5. The van der Waals surface area contributed by atoms with Crippen LogP contribution in [0.4, 0.5) is 47.5 Å². The molecule has 2 amide bonds. The zero-order chi connectivity index (χ0) is 35.3.